The minimum absolute atomic E-state index is 0.115. The Hall–Kier alpha value is -3.65. The van der Waals surface area contributed by atoms with Crippen molar-refractivity contribution in [3.05, 3.63) is 101 Å². The lowest BCUT2D eigenvalue weighted by Gasteiger charge is -2.43. The molecule has 2 aliphatic rings. The number of anilines is 1. The summed E-state index contributed by atoms with van der Waals surface area (Å²) in [5, 5.41) is 1.09. The van der Waals surface area contributed by atoms with Crippen LogP contribution in [0.4, 0.5) is 10.5 Å². The van der Waals surface area contributed by atoms with Crippen LogP contribution in [0, 0.1) is 0 Å². The van der Waals surface area contributed by atoms with Gasteiger partial charge in [-0.05, 0) is 62.1 Å². The molecule has 3 heterocycles. The van der Waals surface area contributed by atoms with Crippen LogP contribution in [-0.4, -0.2) is 67.2 Å². The molecule has 6 rings (SSSR count). The van der Waals surface area contributed by atoms with Gasteiger partial charge in [-0.25, -0.2) is 9.36 Å². The number of morpholine rings is 1. The summed E-state index contributed by atoms with van der Waals surface area (Å²) in [4.78, 5) is 18.9. The Morgan fingerprint density at radius 2 is 1.62 bits per heavy atom. The van der Waals surface area contributed by atoms with Gasteiger partial charge in [0.1, 0.15) is 5.60 Å². The first kappa shape index (κ1) is 28.5. The smallest absolute Gasteiger partial charge is 0.419 e. The van der Waals surface area contributed by atoms with E-state index in [2.05, 4.69) is 70.5 Å². The van der Waals surface area contributed by atoms with Gasteiger partial charge in [-0.15, -0.1) is 0 Å². The SMILES string of the molecule is COC[C@H]1Cc2c(n(C(=O)OC(C)(C)C)c3ccccc23)C(c2ccc(N3CCOCC3)cc2)N1Cc1ccccc1. The zero-order valence-corrected chi connectivity index (χ0v) is 25.1. The maximum atomic E-state index is 14.0. The van der Waals surface area contributed by atoms with E-state index in [1.54, 1.807) is 7.11 Å². The van der Waals surface area contributed by atoms with Crippen molar-refractivity contribution in [3.8, 4) is 0 Å². The molecule has 1 saturated heterocycles. The largest absolute Gasteiger partial charge is 0.443 e. The fourth-order valence-corrected chi connectivity index (χ4v) is 6.45. The molecule has 0 radical (unpaired) electrons. The number of para-hydroxylation sites is 1. The summed E-state index contributed by atoms with van der Waals surface area (Å²) in [7, 11) is 1.77. The molecule has 0 bridgehead atoms. The minimum Gasteiger partial charge on any atom is -0.443 e. The van der Waals surface area contributed by atoms with Crippen molar-refractivity contribution in [2.75, 3.05) is 44.9 Å². The molecule has 0 N–H and O–H groups in total. The van der Waals surface area contributed by atoms with Crippen LogP contribution in [0.25, 0.3) is 10.9 Å². The molecule has 7 nitrogen and oxygen atoms in total. The van der Waals surface area contributed by atoms with Crippen LogP contribution in [0.2, 0.25) is 0 Å². The number of hydrogen-bond acceptors (Lipinski definition) is 6. The number of hydrogen-bond donors (Lipinski definition) is 0. The van der Waals surface area contributed by atoms with Gasteiger partial charge in [0.05, 0.1) is 37.1 Å². The second kappa shape index (κ2) is 11.9. The first-order chi connectivity index (χ1) is 20.3. The molecule has 1 aromatic heterocycles. The molecule has 0 saturated carbocycles. The van der Waals surface area contributed by atoms with Crippen LogP contribution >= 0.6 is 0 Å². The summed E-state index contributed by atoms with van der Waals surface area (Å²) in [6.45, 7) is 10.3. The normalized spacial score (nSPS) is 19.6. The predicted octanol–water partition coefficient (Wildman–Crippen LogP) is 6.42. The highest BCUT2D eigenvalue weighted by atomic mass is 16.6. The topological polar surface area (TPSA) is 56.2 Å². The van der Waals surface area contributed by atoms with Gasteiger partial charge in [0.2, 0.25) is 0 Å². The van der Waals surface area contributed by atoms with E-state index >= 15 is 0 Å². The van der Waals surface area contributed by atoms with E-state index in [0.717, 1.165) is 61.4 Å². The van der Waals surface area contributed by atoms with Crippen LogP contribution in [-0.2, 0) is 27.2 Å². The van der Waals surface area contributed by atoms with Crippen LogP contribution in [0.3, 0.4) is 0 Å². The highest BCUT2D eigenvalue weighted by Crippen LogP contribution is 2.44. The van der Waals surface area contributed by atoms with Gasteiger partial charge in [-0.3, -0.25) is 4.90 Å². The summed E-state index contributed by atoms with van der Waals surface area (Å²) >= 11 is 0. The number of nitrogens with zero attached hydrogens (tertiary/aromatic N) is 3. The number of fused-ring (bicyclic) bond motifs is 3. The van der Waals surface area contributed by atoms with Crippen molar-refractivity contribution in [1.82, 2.24) is 9.47 Å². The van der Waals surface area contributed by atoms with Crippen molar-refractivity contribution in [2.45, 2.75) is 51.4 Å². The summed E-state index contributed by atoms with van der Waals surface area (Å²) in [5.74, 6) is 0. The quantitative estimate of drug-likeness (QED) is 0.268. The Bertz CT molecular complexity index is 1520. The second-order valence-electron chi connectivity index (χ2n) is 12.3. The molecule has 42 heavy (non-hydrogen) atoms. The molecule has 1 fully saturated rings. The van der Waals surface area contributed by atoms with E-state index in [9.17, 15) is 4.79 Å². The zero-order valence-electron chi connectivity index (χ0n) is 25.1. The maximum absolute atomic E-state index is 14.0. The molecule has 4 aromatic rings. The Morgan fingerprint density at radius 3 is 2.31 bits per heavy atom. The van der Waals surface area contributed by atoms with E-state index in [4.69, 9.17) is 14.2 Å². The molecule has 220 valence electrons. The number of carbonyl (C=O) groups excluding carboxylic acids is 1. The highest BCUT2D eigenvalue weighted by molar-refractivity contribution is 5.94. The molecule has 0 aliphatic carbocycles. The van der Waals surface area contributed by atoms with E-state index < -0.39 is 5.60 Å². The van der Waals surface area contributed by atoms with Gasteiger partial charge < -0.3 is 19.1 Å². The third-order valence-electron chi connectivity index (χ3n) is 8.25. The fraction of sp³-hybridized carbons (Fsp3) is 0.400. The molecule has 1 unspecified atom stereocenters. The molecule has 2 aliphatic heterocycles. The Balaban J connectivity index is 1.54. The Labute approximate surface area is 248 Å². The molecule has 3 aromatic carbocycles. The number of ether oxygens (including phenoxy) is 3. The van der Waals surface area contributed by atoms with Gasteiger partial charge in [0.15, 0.2) is 0 Å². The number of carbonyl (C=O) groups is 1. The lowest BCUT2D eigenvalue weighted by atomic mass is 9.87. The summed E-state index contributed by atoms with van der Waals surface area (Å²) in [6.07, 6.45) is 0.425. The predicted molar refractivity (Wildman–Crippen MR) is 166 cm³/mol. The average molecular weight is 568 g/mol. The molecular weight excluding hydrogens is 526 g/mol. The van der Waals surface area contributed by atoms with Gasteiger partial charge in [-0.1, -0.05) is 60.7 Å². The Kier molecular flexibility index (Phi) is 8.08. The fourth-order valence-electron chi connectivity index (χ4n) is 6.45. The Morgan fingerprint density at radius 1 is 0.929 bits per heavy atom. The lowest BCUT2D eigenvalue weighted by molar-refractivity contribution is 0.0446. The van der Waals surface area contributed by atoms with E-state index in [1.807, 2.05) is 43.5 Å². The minimum atomic E-state index is -0.623. The number of benzene rings is 3. The first-order valence-electron chi connectivity index (χ1n) is 14.9. The second-order valence-corrected chi connectivity index (χ2v) is 12.3. The average Bonchev–Trinajstić information content (AvgIpc) is 3.32. The monoisotopic (exact) mass is 567 g/mol. The van der Waals surface area contributed by atoms with Crippen LogP contribution < -0.4 is 4.90 Å². The third-order valence-corrected chi connectivity index (χ3v) is 8.25. The number of aromatic nitrogens is 1. The van der Waals surface area contributed by atoms with E-state index in [-0.39, 0.29) is 18.2 Å². The number of methoxy groups -OCH3 is 1. The van der Waals surface area contributed by atoms with E-state index in [1.165, 1.54) is 16.8 Å². The van der Waals surface area contributed by atoms with E-state index in [0.29, 0.717) is 6.61 Å². The van der Waals surface area contributed by atoms with Crippen LogP contribution in [0.15, 0.2) is 78.9 Å². The van der Waals surface area contributed by atoms with Crippen LogP contribution in [0.5, 0.6) is 0 Å². The summed E-state index contributed by atoms with van der Waals surface area (Å²) < 4.78 is 19.3. The van der Waals surface area contributed by atoms with Crippen molar-refractivity contribution in [3.63, 3.8) is 0 Å². The molecule has 0 amide bonds. The number of rotatable bonds is 6. The molecule has 2 atom stereocenters. The molecule has 7 heteroatoms. The first-order valence-corrected chi connectivity index (χ1v) is 14.9. The van der Waals surface area contributed by atoms with Crippen LogP contribution in [0.1, 0.15) is 49.2 Å². The summed E-state index contributed by atoms with van der Waals surface area (Å²) in [5.41, 5.74) is 5.97. The van der Waals surface area contributed by atoms with Crippen molar-refractivity contribution < 1.29 is 19.0 Å². The van der Waals surface area contributed by atoms with Gasteiger partial charge >= 0.3 is 6.09 Å². The third kappa shape index (κ3) is 5.69. The van der Waals surface area contributed by atoms with Gasteiger partial charge in [-0.2, -0.15) is 0 Å². The lowest BCUT2D eigenvalue weighted by Crippen LogP contribution is -2.47. The van der Waals surface area contributed by atoms with Gasteiger partial charge in [0, 0.05) is 43.9 Å². The zero-order chi connectivity index (χ0) is 29.3. The maximum Gasteiger partial charge on any atom is 0.419 e. The van der Waals surface area contributed by atoms with Crippen molar-refractivity contribution in [1.29, 1.82) is 0 Å². The molecule has 0 spiro atoms. The van der Waals surface area contributed by atoms with Crippen molar-refractivity contribution >= 4 is 22.7 Å². The highest BCUT2D eigenvalue weighted by Gasteiger charge is 2.41. The van der Waals surface area contributed by atoms with Crippen molar-refractivity contribution in [2.24, 2.45) is 0 Å². The summed E-state index contributed by atoms with van der Waals surface area (Å²) in [6, 6.07) is 27.6. The standard InChI is InChI=1S/C35H41N3O4/c1-35(2,3)42-34(39)38-31-13-9-8-12-29(31)30-22-28(24-40-4)37(23-25-10-6-5-7-11-25)32(33(30)38)26-14-16-27(17-15-26)36-18-20-41-21-19-36/h5-17,28,32H,18-24H2,1-4H3/t28-,32?/m1/s1. The molecular formula is C35H41N3O4. The van der Waals surface area contributed by atoms with Gasteiger partial charge in [0.25, 0.3) is 0 Å².